The molecule has 0 radical (unpaired) electrons. The molecule has 0 bridgehead atoms. The summed E-state index contributed by atoms with van der Waals surface area (Å²) in [6.07, 6.45) is 3.65. The van der Waals surface area contributed by atoms with Gasteiger partial charge in [-0.05, 0) is 40.6 Å². The van der Waals surface area contributed by atoms with Crippen molar-refractivity contribution < 1.29 is 29.9 Å². The first-order valence-electron chi connectivity index (χ1n) is 17.4. The molecule has 4 aromatic carbocycles. The van der Waals surface area contributed by atoms with Crippen LogP contribution in [0.3, 0.4) is 0 Å². The summed E-state index contributed by atoms with van der Waals surface area (Å²) in [6.45, 7) is 15.6. The first-order chi connectivity index (χ1) is 24.0. The van der Waals surface area contributed by atoms with Crippen LogP contribution in [0.4, 0.5) is 0 Å². The van der Waals surface area contributed by atoms with E-state index >= 15 is 0 Å². The summed E-state index contributed by atoms with van der Waals surface area (Å²) >= 11 is 0. The van der Waals surface area contributed by atoms with Crippen molar-refractivity contribution in [3.8, 4) is 39.9 Å². The van der Waals surface area contributed by atoms with Crippen molar-refractivity contribution in [2.75, 3.05) is 7.11 Å². The van der Waals surface area contributed by atoms with Crippen molar-refractivity contribution in [3.63, 3.8) is 0 Å². The summed E-state index contributed by atoms with van der Waals surface area (Å²) in [5, 5.41) is 7.49. The number of rotatable bonds is 8. The van der Waals surface area contributed by atoms with Gasteiger partial charge in [-0.2, -0.15) is 11.2 Å². The summed E-state index contributed by atoms with van der Waals surface area (Å²) in [6, 6.07) is 38.4. The third-order valence-electron chi connectivity index (χ3n) is 9.10. The number of fused-ring (bicyclic) bond motifs is 3. The summed E-state index contributed by atoms with van der Waals surface area (Å²) in [7, 11) is 1.67. The van der Waals surface area contributed by atoms with Crippen molar-refractivity contribution in [1.29, 1.82) is 0 Å². The van der Waals surface area contributed by atoms with Crippen LogP contribution in [-0.4, -0.2) is 26.4 Å². The standard InChI is InChI=1S/C44H44N4O2.Pd/c1-9-15-37-41(29-16-11-10-12-17-29)42(44(5,6)7)48(46-37)31-24-30(43(2,3)4)25-34(26-31)50-33-20-21-36-35-18-13-14-19-38(35)47(39(36)27-33)40-28-32(49-8)22-23-45-40;/h10-14,16-25,28H,9,15H2,1-8H3;/q-2;+2. The molecule has 0 aliphatic rings. The van der Waals surface area contributed by atoms with Crippen LogP contribution >= 0.6 is 0 Å². The van der Waals surface area contributed by atoms with Crippen molar-refractivity contribution in [2.45, 2.75) is 72.1 Å². The molecular formula is C44H44N4O2Pd. The predicted octanol–water partition coefficient (Wildman–Crippen LogP) is 11.0. The molecule has 0 atom stereocenters. The van der Waals surface area contributed by atoms with Gasteiger partial charge in [-0.25, -0.2) is 4.98 Å². The summed E-state index contributed by atoms with van der Waals surface area (Å²) in [5.74, 6) is 2.68. The van der Waals surface area contributed by atoms with Crippen molar-refractivity contribution in [1.82, 2.24) is 19.3 Å². The Morgan fingerprint density at radius 1 is 0.765 bits per heavy atom. The molecule has 7 heteroatoms. The van der Waals surface area contributed by atoms with E-state index in [2.05, 4.69) is 137 Å². The number of benzene rings is 4. The zero-order valence-electron chi connectivity index (χ0n) is 30.6. The van der Waals surface area contributed by atoms with Gasteiger partial charge in [-0.1, -0.05) is 109 Å². The molecule has 0 unspecified atom stereocenters. The molecule has 51 heavy (non-hydrogen) atoms. The first kappa shape index (κ1) is 36.1. The molecule has 6 nitrogen and oxygen atoms in total. The van der Waals surface area contributed by atoms with Gasteiger partial charge in [0, 0.05) is 40.3 Å². The Labute approximate surface area is 315 Å². The maximum Gasteiger partial charge on any atom is 2.00 e. The molecule has 0 N–H and O–H groups in total. The number of aromatic nitrogens is 4. The first-order valence-corrected chi connectivity index (χ1v) is 17.4. The van der Waals surface area contributed by atoms with Crippen molar-refractivity contribution in [3.05, 3.63) is 126 Å². The van der Waals surface area contributed by atoms with Crippen LogP contribution < -0.4 is 9.47 Å². The third kappa shape index (κ3) is 6.98. The van der Waals surface area contributed by atoms with Crippen LogP contribution in [-0.2, 0) is 37.7 Å². The Morgan fingerprint density at radius 3 is 2.22 bits per heavy atom. The number of hydrogen-bond acceptors (Lipinski definition) is 4. The molecule has 0 saturated heterocycles. The Morgan fingerprint density at radius 2 is 1.51 bits per heavy atom. The smallest absolute Gasteiger partial charge is 0.509 e. The minimum absolute atomic E-state index is 0. The summed E-state index contributed by atoms with van der Waals surface area (Å²) in [5.41, 5.74) is 8.18. The van der Waals surface area contributed by atoms with Crippen LogP contribution in [0.5, 0.6) is 17.2 Å². The van der Waals surface area contributed by atoms with Crippen LogP contribution in [0, 0.1) is 12.1 Å². The van der Waals surface area contributed by atoms with Gasteiger partial charge in [-0.3, -0.25) is 4.68 Å². The monoisotopic (exact) mass is 766 g/mol. The van der Waals surface area contributed by atoms with Gasteiger partial charge >= 0.3 is 20.4 Å². The van der Waals surface area contributed by atoms with E-state index < -0.39 is 0 Å². The van der Waals surface area contributed by atoms with E-state index in [1.165, 1.54) is 11.1 Å². The van der Waals surface area contributed by atoms with E-state index in [0.717, 1.165) is 68.9 Å². The second-order valence-electron chi connectivity index (χ2n) is 14.9. The minimum Gasteiger partial charge on any atom is -0.509 e. The van der Waals surface area contributed by atoms with Gasteiger partial charge < -0.3 is 14.0 Å². The fraction of sp³-hybridized carbons (Fsp3) is 0.273. The third-order valence-corrected chi connectivity index (χ3v) is 9.10. The Balaban J connectivity index is 0.00000448. The second kappa shape index (κ2) is 14.1. The van der Waals surface area contributed by atoms with Crippen LogP contribution in [0.25, 0.3) is 44.4 Å². The average molecular weight is 767 g/mol. The van der Waals surface area contributed by atoms with Crippen LogP contribution in [0.15, 0.2) is 97.2 Å². The van der Waals surface area contributed by atoms with Gasteiger partial charge in [0.05, 0.1) is 18.5 Å². The van der Waals surface area contributed by atoms with Crippen molar-refractivity contribution >= 4 is 21.8 Å². The quantitative estimate of drug-likeness (QED) is 0.114. The number of methoxy groups -OCH3 is 1. The van der Waals surface area contributed by atoms with Crippen LogP contribution in [0.2, 0.25) is 0 Å². The number of aryl methyl sites for hydroxylation is 1. The SMILES string of the molecule is CCCc1nn(-c2[c-]c(Oc3[c-]c4c(cc3)c3ccccc3n4-c3cc(OC)ccn3)cc(C(C)(C)C)c2)c(C(C)(C)C)c1-c1ccccc1.[Pd+2]. The van der Waals surface area contributed by atoms with Gasteiger partial charge in [0.1, 0.15) is 11.6 Å². The molecule has 3 heterocycles. The van der Waals surface area contributed by atoms with Gasteiger partial charge in [-0.15, -0.1) is 41.3 Å². The van der Waals surface area contributed by atoms with Gasteiger partial charge in [0.2, 0.25) is 0 Å². The molecule has 0 amide bonds. The molecular weight excluding hydrogens is 723 g/mol. The predicted molar refractivity (Wildman–Crippen MR) is 203 cm³/mol. The zero-order valence-corrected chi connectivity index (χ0v) is 32.1. The zero-order chi connectivity index (χ0) is 35.2. The van der Waals surface area contributed by atoms with E-state index in [1.807, 2.05) is 24.3 Å². The maximum absolute atomic E-state index is 6.70. The Bertz CT molecular complexity index is 2320. The van der Waals surface area contributed by atoms with Crippen molar-refractivity contribution in [2.24, 2.45) is 0 Å². The minimum atomic E-state index is -0.197. The number of nitrogens with zero attached hydrogens (tertiary/aromatic N) is 4. The normalized spacial score (nSPS) is 11.9. The molecule has 0 spiro atoms. The molecule has 7 rings (SSSR count). The number of ether oxygens (including phenoxy) is 2. The molecule has 0 aliphatic carbocycles. The molecule has 0 aliphatic heterocycles. The van der Waals surface area contributed by atoms with Crippen LogP contribution in [0.1, 0.15) is 71.8 Å². The van der Waals surface area contributed by atoms with Gasteiger partial charge in [0.25, 0.3) is 0 Å². The van der Waals surface area contributed by atoms with E-state index in [9.17, 15) is 0 Å². The Kier molecular flexibility index (Phi) is 10.0. The largest absolute Gasteiger partial charge is 2.00 e. The number of hydrogen-bond donors (Lipinski definition) is 0. The molecule has 7 aromatic rings. The molecule has 262 valence electrons. The van der Waals surface area contributed by atoms with Gasteiger partial charge in [0.15, 0.2) is 0 Å². The molecule has 0 fully saturated rings. The summed E-state index contributed by atoms with van der Waals surface area (Å²) < 4.78 is 16.5. The molecule has 3 aromatic heterocycles. The van der Waals surface area contributed by atoms with E-state index in [-0.39, 0.29) is 31.3 Å². The Hall–Kier alpha value is -4.70. The fourth-order valence-corrected chi connectivity index (χ4v) is 6.72. The summed E-state index contributed by atoms with van der Waals surface area (Å²) in [4.78, 5) is 4.71. The average Bonchev–Trinajstić information content (AvgIpc) is 3.65. The molecule has 0 saturated carbocycles. The maximum atomic E-state index is 6.70. The van der Waals surface area contributed by atoms with E-state index in [0.29, 0.717) is 11.5 Å². The topological polar surface area (TPSA) is 54.1 Å². The second-order valence-corrected chi connectivity index (χ2v) is 14.9. The number of pyridine rings is 1. The fourth-order valence-electron chi connectivity index (χ4n) is 6.72. The number of para-hydroxylation sites is 1. The van der Waals surface area contributed by atoms with E-state index in [1.54, 1.807) is 13.3 Å². The van der Waals surface area contributed by atoms with E-state index in [4.69, 9.17) is 19.6 Å².